The van der Waals surface area contributed by atoms with E-state index in [2.05, 4.69) is 26.0 Å². The lowest BCUT2D eigenvalue weighted by atomic mass is 9.90. The topological polar surface area (TPSA) is 49.3 Å². The van der Waals surface area contributed by atoms with Crippen molar-refractivity contribution in [2.45, 2.75) is 34.1 Å². The molecule has 1 aromatic carbocycles. The van der Waals surface area contributed by atoms with Crippen molar-refractivity contribution in [1.29, 1.82) is 0 Å². The van der Waals surface area contributed by atoms with Crippen molar-refractivity contribution in [3.05, 3.63) is 40.8 Å². The van der Waals surface area contributed by atoms with Gasteiger partial charge in [0.05, 0.1) is 0 Å². The van der Waals surface area contributed by atoms with Gasteiger partial charge in [-0.25, -0.2) is 5.48 Å². The van der Waals surface area contributed by atoms with Crippen LogP contribution in [-0.4, -0.2) is 11.1 Å². The van der Waals surface area contributed by atoms with E-state index < -0.39 is 0 Å². The van der Waals surface area contributed by atoms with Gasteiger partial charge in [-0.2, -0.15) is 0 Å². The molecule has 2 N–H and O–H groups in total. The number of amides is 1. The molecule has 17 heavy (non-hydrogen) atoms. The first kappa shape index (κ1) is 13.7. The minimum Gasteiger partial charge on any atom is -0.289 e. The van der Waals surface area contributed by atoms with Crippen LogP contribution in [0, 0.1) is 26.2 Å². The van der Waals surface area contributed by atoms with Crippen molar-refractivity contribution < 1.29 is 10.0 Å². The molecular formula is C14H20NO2. The van der Waals surface area contributed by atoms with Gasteiger partial charge in [0, 0.05) is 12.3 Å². The summed E-state index contributed by atoms with van der Waals surface area (Å²) in [6, 6.07) is 4.25. The maximum absolute atomic E-state index is 11.3. The molecule has 0 spiro atoms. The lowest BCUT2D eigenvalue weighted by molar-refractivity contribution is -0.131. The smallest absolute Gasteiger partial charge is 0.246 e. The minimum atomic E-state index is -0.382. The maximum atomic E-state index is 11.3. The van der Waals surface area contributed by atoms with E-state index in [0.29, 0.717) is 0 Å². The molecule has 1 atom stereocenters. The fraction of sp³-hybridized carbons (Fsp3) is 0.429. The van der Waals surface area contributed by atoms with E-state index in [4.69, 9.17) is 5.21 Å². The molecule has 1 rings (SSSR count). The summed E-state index contributed by atoms with van der Waals surface area (Å²) >= 11 is 0. The third-order valence-corrected chi connectivity index (χ3v) is 2.94. The van der Waals surface area contributed by atoms with Crippen LogP contribution >= 0.6 is 0 Å². The molecule has 1 aromatic rings. The number of nitrogens with one attached hydrogen (secondary N) is 1. The van der Waals surface area contributed by atoms with Crippen LogP contribution in [0.4, 0.5) is 0 Å². The summed E-state index contributed by atoms with van der Waals surface area (Å²) in [7, 11) is 0. The van der Waals surface area contributed by atoms with Crippen LogP contribution in [0.3, 0.4) is 0 Å². The third-order valence-electron chi connectivity index (χ3n) is 2.94. The Kier molecular flexibility index (Phi) is 4.70. The van der Waals surface area contributed by atoms with Gasteiger partial charge in [0.1, 0.15) is 0 Å². The van der Waals surface area contributed by atoms with Crippen LogP contribution in [0.15, 0.2) is 12.1 Å². The largest absolute Gasteiger partial charge is 0.289 e. The van der Waals surface area contributed by atoms with Crippen LogP contribution in [0.1, 0.15) is 36.1 Å². The zero-order chi connectivity index (χ0) is 13.0. The first-order valence-corrected chi connectivity index (χ1v) is 5.88. The number of carbonyl (C=O) groups excluding carboxylic acids is 1. The molecule has 0 aliphatic heterocycles. The van der Waals surface area contributed by atoms with Gasteiger partial charge in [-0.3, -0.25) is 10.0 Å². The Bertz CT molecular complexity index is 413. The van der Waals surface area contributed by atoms with E-state index in [1.54, 1.807) is 12.4 Å². The molecule has 0 unspecified atom stereocenters. The molecule has 0 saturated heterocycles. The predicted octanol–water partition coefficient (Wildman–Crippen LogP) is 2.56. The summed E-state index contributed by atoms with van der Waals surface area (Å²) in [4.78, 5) is 11.3. The van der Waals surface area contributed by atoms with Crippen molar-refractivity contribution in [3.8, 4) is 0 Å². The van der Waals surface area contributed by atoms with Crippen LogP contribution < -0.4 is 5.48 Å². The van der Waals surface area contributed by atoms with Gasteiger partial charge in [-0.15, -0.1) is 0 Å². The van der Waals surface area contributed by atoms with E-state index in [1.165, 1.54) is 16.7 Å². The molecule has 0 saturated carbocycles. The lowest BCUT2D eigenvalue weighted by Crippen LogP contribution is -2.26. The molecule has 0 aromatic heterocycles. The van der Waals surface area contributed by atoms with Gasteiger partial charge in [0.25, 0.3) is 0 Å². The minimum absolute atomic E-state index is 0.341. The zero-order valence-electron chi connectivity index (χ0n) is 10.9. The maximum Gasteiger partial charge on any atom is 0.246 e. The Hall–Kier alpha value is -1.35. The molecule has 93 valence electrons. The molecule has 0 aliphatic carbocycles. The highest BCUT2D eigenvalue weighted by molar-refractivity contribution is 5.79. The highest BCUT2D eigenvalue weighted by Gasteiger charge is 2.16. The number of hydroxylamine groups is 1. The molecule has 3 heteroatoms. The van der Waals surface area contributed by atoms with Gasteiger partial charge >= 0.3 is 0 Å². The number of hydrogen-bond donors (Lipinski definition) is 2. The van der Waals surface area contributed by atoms with Crippen molar-refractivity contribution in [2.75, 3.05) is 0 Å². The summed E-state index contributed by atoms with van der Waals surface area (Å²) in [5, 5.41) is 8.60. The van der Waals surface area contributed by atoms with Crippen molar-refractivity contribution >= 4 is 5.91 Å². The number of rotatable bonds is 4. The normalized spacial score (nSPS) is 12.3. The van der Waals surface area contributed by atoms with Crippen molar-refractivity contribution in [1.82, 2.24) is 5.48 Å². The van der Waals surface area contributed by atoms with E-state index >= 15 is 0 Å². The van der Waals surface area contributed by atoms with Gasteiger partial charge in [-0.1, -0.05) is 31.5 Å². The first-order chi connectivity index (χ1) is 7.99. The number of carbonyl (C=O) groups is 1. The van der Waals surface area contributed by atoms with Gasteiger partial charge < -0.3 is 0 Å². The predicted molar refractivity (Wildman–Crippen MR) is 67.8 cm³/mol. The average Bonchev–Trinajstić information content (AvgIpc) is 2.30. The molecule has 0 aliphatic rings. The Morgan fingerprint density at radius 2 is 2.12 bits per heavy atom. The van der Waals surface area contributed by atoms with Crippen LogP contribution in [0.5, 0.6) is 0 Å². The fourth-order valence-electron chi connectivity index (χ4n) is 2.03. The standard InChI is InChI=1S/C14H20NO2/c1-5-12-7-9(2)6-10(3)13(12)8-11(4)14(16)15-17/h6-8,11,17H,5H2,1-4H3,(H,15,16)/t11-/m0/s1. The second-order valence-electron chi connectivity index (χ2n) is 4.44. The van der Waals surface area contributed by atoms with E-state index in [0.717, 1.165) is 12.0 Å². The van der Waals surface area contributed by atoms with Gasteiger partial charge in [0.15, 0.2) is 0 Å². The number of hydrogen-bond acceptors (Lipinski definition) is 2. The highest BCUT2D eigenvalue weighted by Crippen LogP contribution is 2.22. The van der Waals surface area contributed by atoms with Crippen molar-refractivity contribution in [2.24, 2.45) is 5.92 Å². The molecule has 0 bridgehead atoms. The zero-order valence-corrected chi connectivity index (χ0v) is 10.9. The van der Waals surface area contributed by atoms with E-state index in [-0.39, 0.29) is 11.8 Å². The van der Waals surface area contributed by atoms with Crippen LogP contribution in [-0.2, 0) is 11.2 Å². The molecule has 1 amide bonds. The highest BCUT2D eigenvalue weighted by atomic mass is 16.5. The van der Waals surface area contributed by atoms with Crippen LogP contribution in [0.25, 0.3) is 0 Å². The molecule has 1 radical (unpaired) electrons. The third kappa shape index (κ3) is 3.30. The Balaban J connectivity index is 3.01. The summed E-state index contributed by atoms with van der Waals surface area (Å²) in [6.45, 7) is 7.98. The average molecular weight is 234 g/mol. The quantitative estimate of drug-likeness (QED) is 0.621. The van der Waals surface area contributed by atoms with E-state index in [9.17, 15) is 4.79 Å². The summed E-state index contributed by atoms with van der Waals surface area (Å²) in [6.07, 6.45) is 2.83. The van der Waals surface area contributed by atoms with Gasteiger partial charge in [0.2, 0.25) is 5.91 Å². The van der Waals surface area contributed by atoms with Crippen LogP contribution in [0.2, 0.25) is 0 Å². The molecule has 0 heterocycles. The molecule has 0 fully saturated rings. The Labute approximate surface area is 103 Å². The molecule has 3 nitrogen and oxygen atoms in total. The fourth-order valence-corrected chi connectivity index (χ4v) is 2.03. The second kappa shape index (κ2) is 5.82. The monoisotopic (exact) mass is 234 g/mol. The first-order valence-electron chi connectivity index (χ1n) is 5.88. The summed E-state index contributed by atoms with van der Waals surface area (Å²) in [5.74, 6) is -0.723. The SMILES string of the molecule is CCc1cc(C)cc(C)c1[CH][C@H](C)C(=O)NO. The second-order valence-corrected chi connectivity index (χ2v) is 4.44. The number of benzene rings is 1. The molecular weight excluding hydrogens is 214 g/mol. The lowest BCUT2D eigenvalue weighted by Gasteiger charge is -2.16. The van der Waals surface area contributed by atoms with Crippen molar-refractivity contribution in [3.63, 3.8) is 0 Å². The summed E-state index contributed by atoms with van der Waals surface area (Å²) < 4.78 is 0. The van der Waals surface area contributed by atoms with Gasteiger partial charge in [-0.05, 0) is 37.0 Å². The Morgan fingerprint density at radius 1 is 1.47 bits per heavy atom. The van der Waals surface area contributed by atoms with E-state index in [1.807, 2.05) is 13.3 Å². The Morgan fingerprint density at radius 3 is 2.65 bits per heavy atom. The number of aryl methyl sites for hydroxylation is 3. The summed E-state index contributed by atoms with van der Waals surface area (Å²) in [5.41, 5.74) is 6.42.